The van der Waals surface area contributed by atoms with Crippen LogP contribution in [0.5, 0.6) is 0 Å². The molecule has 1 rings (SSSR count). The van der Waals surface area contributed by atoms with Crippen LogP contribution in [0.4, 0.5) is 0 Å². The molecule has 0 unspecified atom stereocenters. The standard InChI is InChI=1S/C8H5Br/c1-2-7-5-3-4-6-8(7)9/h1,3-6H/i1D. The topological polar surface area (TPSA) is 0 Å². The van der Waals surface area contributed by atoms with Crippen molar-refractivity contribution >= 4 is 15.9 Å². The van der Waals surface area contributed by atoms with E-state index in [2.05, 4.69) is 28.2 Å². The highest BCUT2D eigenvalue weighted by Gasteiger charge is 1.89. The zero-order valence-electron chi connectivity index (χ0n) is 5.69. The Morgan fingerprint density at radius 3 is 3.00 bits per heavy atom. The third-order valence-corrected chi connectivity index (χ3v) is 1.70. The fraction of sp³-hybridized carbons (Fsp3) is 0. The van der Waals surface area contributed by atoms with Gasteiger partial charge in [0.1, 0.15) is 1.37 Å². The van der Waals surface area contributed by atoms with Gasteiger partial charge in [-0.15, -0.1) is 6.40 Å². The van der Waals surface area contributed by atoms with Gasteiger partial charge in [-0.2, -0.15) is 0 Å². The van der Waals surface area contributed by atoms with Gasteiger partial charge in [0.2, 0.25) is 0 Å². The molecule has 0 radical (unpaired) electrons. The van der Waals surface area contributed by atoms with Crippen molar-refractivity contribution in [2.75, 3.05) is 0 Å². The van der Waals surface area contributed by atoms with Gasteiger partial charge in [0.05, 0.1) is 0 Å². The van der Waals surface area contributed by atoms with Crippen molar-refractivity contribution in [3.8, 4) is 12.3 Å². The predicted octanol–water partition coefficient (Wildman–Crippen LogP) is 2.43. The molecule has 1 heteroatoms. The van der Waals surface area contributed by atoms with Crippen LogP contribution < -0.4 is 0 Å². The molecule has 0 aromatic heterocycles. The molecule has 0 aliphatic carbocycles. The molecule has 1 aromatic carbocycles. The summed E-state index contributed by atoms with van der Waals surface area (Å²) < 4.78 is 7.59. The molecule has 0 heterocycles. The monoisotopic (exact) mass is 181 g/mol. The molecule has 0 nitrogen and oxygen atoms in total. The molecular weight excluding hydrogens is 176 g/mol. The normalized spacial score (nSPS) is 9.22. The molecule has 0 fully saturated rings. The van der Waals surface area contributed by atoms with Gasteiger partial charge in [0, 0.05) is 10.0 Å². The van der Waals surface area contributed by atoms with Gasteiger partial charge >= 0.3 is 0 Å². The Bertz CT molecular complexity index is 283. The fourth-order valence-electron chi connectivity index (χ4n) is 0.563. The lowest BCUT2D eigenvalue weighted by Crippen LogP contribution is -1.72. The van der Waals surface area contributed by atoms with E-state index >= 15 is 0 Å². The second kappa shape index (κ2) is 2.70. The van der Waals surface area contributed by atoms with E-state index in [9.17, 15) is 0 Å². The molecule has 0 aliphatic rings. The van der Waals surface area contributed by atoms with Crippen LogP contribution in [0.25, 0.3) is 0 Å². The SMILES string of the molecule is [2H]C#Cc1ccccc1Br. The summed E-state index contributed by atoms with van der Waals surface area (Å²) in [5.41, 5.74) is 0.859. The van der Waals surface area contributed by atoms with Crippen molar-refractivity contribution in [1.29, 1.82) is 0 Å². The molecule has 9 heavy (non-hydrogen) atoms. The van der Waals surface area contributed by atoms with E-state index in [1.165, 1.54) is 0 Å². The third-order valence-electron chi connectivity index (χ3n) is 1.01. The minimum atomic E-state index is 0.859. The summed E-state index contributed by atoms with van der Waals surface area (Å²) in [7, 11) is 0. The van der Waals surface area contributed by atoms with Crippen LogP contribution in [0.2, 0.25) is 0 Å². The summed E-state index contributed by atoms with van der Waals surface area (Å²) in [6.45, 7) is 0. The van der Waals surface area contributed by atoms with E-state index in [1.54, 1.807) is 0 Å². The van der Waals surface area contributed by atoms with E-state index in [1.807, 2.05) is 24.3 Å². The zero-order chi connectivity index (χ0) is 7.40. The molecule has 1 aromatic rings. The first-order chi connectivity index (χ1) is 4.84. The highest BCUT2D eigenvalue weighted by atomic mass is 79.9. The zero-order valence-corrected chi connectivity index (χ0v) is 6.27. The highest BCUT2D eigenvalue weighted by Crippen LogP contribution is 2.13. The number of terminal acetylenes is 1. The van der Waals surface area contributed by atoms with Crippen LogP contribution in [0.3, 0.4) is 0 Å². The van der Waals surface area contributed by atoms with Gasteiger partial charge in [-0.25, -0.2) is 0 Å². The minimum absolute atomic E-state index is 0.859. The van der Waals surface area contributed by atoms with Crippen LogP contribution in [0.15, 0.2) is 28.7 Å². The highest BCUT2D eigenvalue weighted by molar-refractivity contribution is 9.10. The van der Waals surface area contributed by atoms with Crippen LogP contribution in [-0.2, 0) is 0 Å². The van der Waals surface area contributed by atoms with Crippen molar-refractivity contribution in [3.05, 3.63) is 34.3 Å². The van der Waals surface area contributed by atoms with E-state index in [-0.39, 0.29) is 0 Å². The summed E-state index contributed by atoms with van der Waals surface area (Å²) in [5.74, 6) is 2.65. The quantitative estimate of drug-likeness (QED) is 0.540. The summed E-state index contributed by atoms with van der Waals surface area (Å²) in [5, 5.41) is 0. The number of hydrogen-bond donors (Lipinski definition) is 0. The first-order valence-electron chi connectivity index (χ1n) is 3.02. The lowest BCUT2D eigenvalue weighted by Gasteiger charge is -1.90. The summed E-state index contributed by atoms with van der Waals surface area (Å²) in [6, 6.07) is 7.58. The van der Waals surface area contributed by atoms with Gasteiger partial charge < -0.3 is 0 Å². The number of benzene rings is 1. The lowest BCUT2D eigenvalue weighted by atomic mass is 10.2. The fourth-order valence-corrected chi connectivity index (χ4v) is 0.946. The molecule has 44 valence electrons. The van der Waals surface area contributed by atoms with Gasteiger partial charge in [-0.1, -0.05) is 18.1 Å². The van der Waals surface area contributed by atoms with Crippen LogP contribution in [-0.4, -0.2) is 0 Å². The van der Waals surface area contributed by atoms with Gasteiger partial charge in [0.15, 0.2) is 0 Å². The molecule has 0 atom stereocenters. The molecule has 0 spiro atoms. The Kier molecular flexibility index (Phi) is 1.52. The Hall–Kier alpha value is -0.740. The second-order valence-electron chi connectivity index (χ2n) is 1.60. The van der Waals surface area contributed by atoms with Crippen molar-refractivity contribution in [3.63, 3.8) is 0 Å². The van der Waals surface area contributed by atoms with E-state index in [4.69, 9.17) is 1.37 Å². The maximum Gasteiger partial charge on any atom is 0.124 e. The summed E-state index contributed by atoms with van der Waals surface area (Å²) in [4.78, 5) is 0. The maximum absolute atomic E-state index is 6.65. The minimum Gasteiger partial charge on any atom is -0.115 e. The molecule has 0 saturated carbocycles. The largest absolute Gasteiger partial charge is 0.124 e. The second-order valence-corrected chi connectivity index (χ2v) is 2.46. The van der Waals surface area contributed by atoms with Crippen LogP contribution >= 0.6 is 15.9 Å². The summed E-state index contributed by atoms with van der Waals surface area (Å²) in [6.07, 6.45) is 2.09. The molecule has 0 aliphatic heterocycles. The Morgan fingerprint density at radius 2 is 2.33 bits per heavy atom. The maximum atomic E-state index is 6.65. The van der Waals surface area contributed by atoms with Crippen molar-refractivity contribution < 1.29 is 1.37 Å². The van der Waals surface area contributed by atoms with E-state index in [0.717, 1.165) is 10.0 Å². The average molecular weight is 182 g/mol. The Labute approximate surface area is 64.4 Å². The third kappa shape index (κ3) is 1.34. The van der Waals surface area contributed by atoms with Crippen molar-refractivity contribution in [1.82, 2.24) is 0 Å². The smallest absolute Gasteiger partial charge is 0.115 e. The first-order valence-corrected chi connectivity index (χ1v) is 3.31. The predicted molar refractivity (Wildman–Crippen MR) is 42.1 cm³/mol. The molecule has 0 amide bonds. The Morgan fingerprint density at radius 1 is 1.56 bits per heavy atom. The van der Waals surface area contributed by atoms with E-state index in [0.29, 0.717) is 0 Å². The van der Waals surface area contributed by atoms with Crippen LogP contribution in [0.1, 0.15) is 6.93 Å². The average Bonchev–Trinajstić information content (AvgIpc) is 1.94. The van der Waals surface area contributed by atoms with Crippen LogP contribution in [0, 0.1) is 12.3 Å². The van der Waals surface area contributed by atoms with Gasteiger partial charge in [-0.05, 0) is 28.1 Å². The number of hydrogen-bond acceptors (Lipinski definition) is 0. The molecule has 0 N–H and O–H groups in total. The van der Waals surface area contributed by atoms with Gasteiger partial charge in [-0.3, -0.25) is 0 Å². The van der Waals surface area contributed by atoms with Gasteiger partial charge in [0.25, 0.3) is 0 Å². The van der Waals surface area contributed by atoms with Crippen molar-refractivity contribution in [2.24, 2.45) is 0 Å². The first kappa shape index (κ1) is 5.08. The molecular formula is C8H5Br. The van der Waals surface area contributed by atoms with E-state index < -0.39 is 0 Å². The summed E-state index contributed by atoms with van der Waals surface area (Å²) >= 11 is 3.31. The Balaban J connectivity index is 3.11. The lowest BCUT2D eigenvalue weighted by molar-refractivity contribution is 1.59. The molecule has 0 saturated heterocycles. The van der Waals surface area contributed by atoms with Crippen molar-refractivity contribution in [2.45, 2.75) is 0 Å². The number of rotatable bonds is 0. The molecule has 0 bridgehead atoms. The number of halogens is 1.